The average Bonchev–Trinajstić information content (AvgIpc) is 2.52. The number of hydrogen-bond acceptors (Lipinski definition) is 4. The van der Waals surface area contributed by atoms with E-state index in [-0.39, 0.29) is 0 Å². The molecular formula is C17H27N3O. The maximum Gasteiger partial charge on any atom is 0.101 e. The molecule has 4 nitrogen and oxygen atoms in total. The summed E-state index contributed by atoms with van der Waals surface area (Å²) >= 11 is 0. The standard InChI is InChI=1S/C17H27N3O/c1-4-9-19-14-15-7-8-17(16(12-15)13-18)20(5-2)10-11-21-6-3/h7-8,12,19H,4-6,9-11,14H2,1-3H3. The lowest BCUT2D eigenvalue weighted by Crippen LogP contribution is -2.28. The van der Waals surface area contributed by atoms with E-state index in [1.54, 1.807) is 0 Å². The molecule has 116 valence electrons. The molecule has 1 rings (SSSR count). The van der Waals surface area contributed by atoms with Gasteiger partial charge in [0.25, 0.3) is 0 Å². The molecule has 0 atom stereocenters. The summed E-state index contributed by atoms with van der Waals surface area (Å²) in [6.07, 6.45) is 1.12. The van der Waals surface area contributed by atoms with Crippen LogP contribution in [0.4, 0.5) is 5.69 Å². The fraction of sp³-hybridized carbons (Fsp3) is 0.588. The lowest BCUT2D eigenvalue weighted by molar-refractivity contribution is 0.154. The minimum absolute atomic E-state index is 0.689. The second kappa shape index (κ2) is 10.2. The van der Waals surface area contributed by atoms with Gasteiger partial charge in [-0.1, -0.05) is 13.0 Å². The van der Waals surface area contributed by atoms with Gasteiger partial charge < -0.3 is 15.0 Å². The van der Waals surface area contributed by atoms with Crippen LogP contribution >= 0.6 is 0 Å². The van der Waals surface area contributed by atoms with Crippen LogP contribution in [-0.4, -0.2) is 32.8 Å². The number of benzene rings is 1. The summed E-state index contributed by atoms with van der Waals surface area (Å²) in [5.41, 5.74) is 2.90. The molecule has 0 aliphatic heterocycles. The molecule has 0 aliphatic rings. The van der Waals surface area contributed by atoms with E-state index in [1.165, 1.54) is 0 Å². The van der Waals surface area contributed by atoms with Crippen LogP contribution in [-0.2, 0) is 11.3 Å². The summed E-state index contributed by atoms with van der Waals surface area (Å²) in [4.78, 5) is 2.19. The maximum atomic E-state index is 9.40. The number of rotatable bonds is 10. The Balaban J connectivity index is 2.78. The number of nitrogens with zero attached hydrogens (tertiary/aromatic N) is 2. The first-order valence-corrected chi connectivity index (χ1v) is 7.83. The molecule has 21 heavy (non-hydrogen) atoms. The van der Waals surface area contributed by atoms with Gasteiger partial charge in [-0.2, -0.15) is 5.26 Å². The van der Waals surface area contributed by atoms with Crippen molar-refractivity contribution in [2.24, 2.45) is 0 Å². The van der Waals surface area contributed by atoms with Crippen LogP contribution in [0.25, 0.3) is 0 Å². The van der Waals surface area contributed by atoms with Gasteiger partial charge in [0.15, 0.2) is 0 Å². The molecular weight excluding hydrogens is 262 g/mol. The minimum atomic E-state index is 0.689. The Bertz CT molecular complexity index is 454. The van der Waals surface area contributed by atoms with Crippen LogP contribution < -0.4 is 10.2 Å². The van der Waals surface area contributed by atoms with Gasteiger partial charge in [0, 0.05) is 26.2 Å². The molecule has 0 fully saturated rings. The summed E-state index contributed by atoms with van der Waals surface area (Å²) < 4.78 is 5.42. The number of anilines is 1. The van der Waals surface area contributed by atoms with Crippen LogP contribution in [0.1, 0.15) is 38.3 Å². The quantitative estimate of drug-likeness (QED) is 0.673. The molecule has 0 aromatic heterocycles. The van der Waals surface area contributed by atoms with Gasteiger partial charge in [0.2, 0.25) is 0 Å². The highest BCUT2D eigenvalue weighted by atomic mass is 16.5. The first-order chi connectivity index (χ1) is 10.3. The van der Waals surface area contributed by atoms with E-state index in [9.17, 15) is 5.26 Å². The van der Waals surface area contributed by atoms with Crippen molar-refractivity contribution in [3.63, 3.8) is 0 Å². The first kappa shape index (κ1) is 17.5. The number of nitrogens with one attached hydrogen (secondary N) is 1. The van der Waals surface area contributed by atoms with Gasteiger partial charge in [-0.15, -0.1) is 0 Å². The van der Waals surface area contributed by atoms with Gasteiger partial charge in [-0.25, -0.2) is 0 Å². The molecule has 0 heterocycles. The van der Waals surface area contributed by atoms with E-state index >= 15 is 0 Å². The van der Waals surface area contributed by atoms with Crippen molar-refractivity contribution in [1.82, 2.24) is 5.32 Å². The average molecular weight is 289 g/mol. The van der Waals surface area contributed by atoms with Crippen molar-refractivity contribution in [3.8, 4) is 6.07 Å². The zero-order valence-electron chi connectivity index (χ0n) is 13.5. The molecule has 0 bridgehead atoms. The van der Waals surface area contributed by atoms with E-state index < -0.39 is 0 Å². The number of nitriles is 1. The Hall–Kier alpha value is -1.57. The maximum absolute atomic E-state index is 9.40. The molecule has 1 aromatic carbocycles. The Morgan fingerprint density at radius 3 is 2.71 bits per heavy atom. The van der Waals surface area contributed by atoms with E-state index in [0.717, 1.165) is 56.0 Å². The molecule has 0 saturated carbocycles. The molecule has 0 radical (unpaired) electrons. The Kier molecular flexibility index (Phi) is 8.49. The molecule has 0 saturated heterocycles. The number of likely N-dealkylation sites (N-methyl/N-ethyl adjacent to an activating group) is 1. The van der Waals surface area contributed by atoms with Crippen molar-refractivity contribution in [2.75, 3.05) is 37.7 Å². The molecule has 0 amide bonds. The van der Waals surface area contributed by atoms with Crippen molar-refractivity contribution in [1.29, 1.82) is 5.26 Å². The number of hydrogen-bond donors (Lipinski definition) is 1. The van der Waals surface area contributed by atoms with E-state index in [1.807, 2.05) is 13.0 Å². The summed E-state index contributed by atoms with van der Waals surface area (Å²) in [5, 5.41) is 12.8. The van der Waals surface area contributed by atoms with Crippen LogP contribution in [0, 0.1) is 11.3 Å². The van der Waals surface area contributed by atoms with Crippen molar-refractivity contribution in [3.05, 3.63) is 29.3 Å². The third kappa shape index (κ3) is 5.74. The largest absolute Gasteiger partial charge is 0.380 e. The third-order valence-corrected chi connectivity index (χ3v) is 3.37. The Morgan fingerprint density at radius 2 is 2.10 bits per heavy atom. The molecule has 0 spiro atoms. The highest BCUT2D eigenvalue weighted by Gasteiger charge is 2.10. The highest BCUT2D eigenvalue weighted by molar-refractivity contribution is 5.60. The lowest BCUT2D eigenvalue weighted by Gasteiger charge is -2.24. The molecule has 4 heteroatoms. The van der Waals surface area contributed by atoms with Crippen LogP contribution in [0.3, 0.4) is 0 Å². The molecule has 0 unspecified atom stereocenters. The van der Waals surface area contributed by atoms with Crippen LogP contribution in [0.15, 0.2) is 18.2 Å². The van der Waals surface area contributed by atoms with Crippen molar-refractivity contribution in [2.45, 2.75) is 33.7 Å². The Labute approximate surface area is 128 Å². The Morgan fingerprint density at radius 1 is 1.29 bits per heavy atom. The monoisotopic (exact) mass is 289 g/mol. The fourth-order valence-corrected chi connectivity index (χ4v) is 2.24. The van der Waals surface area contributed by atoms with E-state index in [2.05, 4.69) is 42.3 Å². The second-order valence-corrected chi connectivity index (χ2v) is 4.92. The topological polar surface area (TPSA) is 48.3 Å². The summed E-state index contributed by atoms with van der Waals surface area (Å²) in [6.45, 7) is 11.2. The lowest BCUT2D eigenvalue weighted by atomic mass is 10.1. The zero-order valence-corrected chi connectivity index (χ0v) is 13.5. The van der Waals surface area contributed by atoms with E-state index in [0.29, 0.717) is 6.61 Å². The normalized spacial score (nSPS) is 10.4. The van der Waals surface area contributed by atoms with Gasteiger partial charge in [0.05, 0.1) is 17.9 Å². The predicted molar refractivity (Wildman–Crippen MR) is 87.5 cm³/mol. The molecule has 1 aromatic rings. The highest BCUT2D eigenvalue weighted by Crippen LogP contribution is 2.21. The third-order valence-electron chi connectivity index (χ3n) is 3.37. The van der Waals surface area contributed by atoms with Gasteiger partial charge in [-0.3, -0.25) is 0 Å². The first-order valence-electron chi connectivity index (χ1n) is 7.83. The predicted octanol–water partition coefficient (Wildman–Crippen LogP) is 2.92. The minimum Gasteiger partial charge on any atom is -0.380 e. The van der Waals surface area contributed by atoms with Gasteiger partial charge >= 0.3 is 0 Å². The zero-order chi connectivity index (χ0) is 15.5. The summed E-state index contributed by atoms with van der Waals surface area (Å²) in [7, 11) is 0. The molecule has 0 aliphatic carbocycles. The SMILES string of the molecule is CCCNCc1ccc(N(CC)CCOCC)c(C#N)c1. The second-order valence-electron chi connectivity index (χ2n) is 4.92. The van der Waals surface area contributed by atoms with Crippen LogP contribution in [0.2, 0.25) is 0 Å². The fourth-order valence-electron chi connectivity index (χ4n) is 2.24. The van der Waals surface area contributed by atoms with Gasteiger partial charge in [0.1, 0.15) is 6.07 Å². The van der Waals surface area contributed by atoms with Crippen LogP contribution in [0.5, 0.6) is 0 Å². The smallest absolute Gasteiger partial charge is 0.101 e. The van der Waals surface area contributed by atoms with Gasteiger partial charge in [-0.05, 0) is 44.5 Å². The number of ether oxygens (including phenoxy) is 1. The van der Waals surface area contributed by atoms with E-state index in [4.69, 9.17) is 4.74 Å². The van der Waals surface area contributed by atoms with Crippen molar-refractivity contribution >= 4 is 5.69 Å². The summed E-state index contributed by atoms with van der Waals surface area (Å²) in [5.74, 6) is 0. The van der Waals surface area contributed by atoms with Crippen molar-refractivity contribution < 1.29 is 4.74 Å². The molecule has 1 N–H and O–H groups in total. The summed E-state index contributed by atoms with van der Waals surface area (Å²) in [6, 6.07) is 8.46.